The van der Waals surface area contributed by atoms with E-state index in [1.54, 1.807) is 27.0 Å². The first kappa shape index (κ1) is 11.3. The molecule has 0 saturated heterocycles. The molecule has 1 aliphatic rings. The van der Waals surface area contributed by atoms with Gasteiger partial charge in [0.15, 0.2) is 5.82 Å². The molecule has 0 bridgehead atoms. The summed E-state index contributed by atoms with van der Waals surface area (Å²) in [4.78, 5) is 11.0. The Bertz CT molecular complexity index is 429. The maximum Gasteiger partial charge on any atom is 0.286 e. The van der Waals surface area contributed by atoms with E-state index in [0.717, 1.165) is 17.8 Å². The van der Waals surface area contributed by atoms with Crippen LogP contribution in [0.15, 0.2) is 0 Å². The average molecular weight is 338 g/mol. The van der Waals surface area contributed by atoms with Crippen LogP contribution in [0, 0.1) is 0 Å². The molecule has 1 unspecified atom stereocenters. The Balaban J connectivity index is 2.46. The fourth-order valence-corrected chi connectivity index (χ4v) is 2.74. The Morgan fingerprint density at radius 3 is 3.00 bits per heavy atom. The van der Waals surface area contributed by atoms with E-state index < -0.39 is 0 Å². The minimum absolute atomic E-state index is 0.0989. The van der Waals surface area contributed by atoms with E-state index in [-0.39, 0.29) is 9.45 Å². The lowest BCUT2D eigenvalue weighted by molar-refractivity contribution is 0.271. The van der Waals surface area contributed by atoms with Crippen LogP contribution in [-0.4, -0.2) is 13.5 Å². The molecule has 0 fully saturated rings. The molecule has 1 aromatic rings. The first-order valence-corrected chi connectivity index (χ1v) is 6.10. The molecule has 0 spiro atoms. The van der Waals surface area contributed by atoms with Crippen molar-refractivity contribution in [3.05, 3.63) is 11.3 Å². The molecule has 1 aromatic heterocycles. The lowest BCUT2D eigenvalue weighted by Gasteiger charge is -2.19. The Morgan fingerprint density at radius 1 is 1.73 bits per heavy atom. The lowest BCUT2D eigenvalue weighted by atomic mass is 10.0. The van der Waals surface area contributed by atoms with Crippen LogP contribution in [0.25, 0.3) is 0 Å². The smallest absolute Gasteiger partial charge is 0.286 e. The van der Waals surface area contributed by atoms with Crippen LogP contribution < -0.4 is 10.6 Å². The highest BCUT2D eigenvalue weighted by atomic mass is 127. The quantitative estimate of drug-likeness (QED) is 0.356. The number of anilines is 1. The molecule has 82 valence electrons. The number of amides is 1. The van der Waals surface area contributed by atoms with E-state index >= 15 is 0 Å². The number of aromatic nitrogens is 2. The van der Waals surface area contributed by atoms with Gasteiger partial charge in [-0.25, -0.2) is 0 Å². The topological polar surface area (TPSA) is 58.9 Å². The molecular weight excluding hydrogens is 326 g/mol. The second-order valence-corrected chi connectivity index (χ2v) is 5.47. The van der Waals surface area contributed by atoms with Gasteiger partial charge in [-0.3, -0.25) is 9.25 Å². The van der Waals surface area contributed by atoms with Crippen molar-refractivity contribution in [1.29, 1.82) is 0 Å². The molecule has 0 radical (unpaired) electrons. The predicted molar refractivity (Wildman–Crippen MR) is 70.2 cm³/mol. The number of carbonyl (C=O) groups excluding carboxylic acids is 1. The number of nitrogens with one attached hydrogen (secondary N) is 2. The molecule has 0 aliphatic carbocycles. The fourth-order valence-electron chi connectivity index (χ4n) is 1.89. The molecular formula is C8H12IN4OP. The SMILES string of the molecule is CC1(C)NCc2c(NC(=O)I)nn(P)c21. The number of rotatable bonds is 1. The van der Waals surface area contributed by atoms with E-state index in [9.17, 15) is 4.79 Å². The number of fused-ring (bicyclic) bond motifs is 1. The third-order valence-electron chi connectivity index (χ3n) is 2.52. The molecule has 2 heterocycles. The number of hydrogen-bond donors (Lipinski definition) is 2. The molecule has 1 amide bonds. The van der Waals surface area contributed by atoms with Gasteiger partial charge in [0.2, 0.25) is 0 Å². The fraction of sp³-hybridized carbons (Fsp3) is 0.500. The van der Waals surface area contributed by atoms with E-state index in [1.807, 2.05) is 0 Å². The van der Waals surface area contributed by atoms with Gasteiger partial charge in [-0.05, 0) is 23.2 Å². The summed E-state index contributed by atoms with van der Waals surface area (Å²) in [6.45, 7) is 4.93. The van der Waals surface area contributed by atoms with Gasteiger partial charge >= 0.3 is 0 Å². The summed E-state index contributed by atoms with van der Waals surface area (Å²) >= 11 is 1.70. The Morgan fingerprint density at radius 2 is 2.40 bits per heavy atom. The van der Waals surface area contributed by atoms with E-state index in [1.165, 1.54) is 0 Å². The zero-order chi connectivity index (χ0) is 11.2. The zero-order valence-corrected chi connectivity index (χ0v) is 11.8. The van der Waals surface area contributed by atoms with Gasteiger partial charge in [0, 0.05) is 34.7 Å². The number of hydrogen-bond acceptors (Lipinski definition) is 3. The van der Waals surface area contributed by atoms with Crippen LogP contribution in [0.2, 0.25) is 0 Å². The van der Waals surface area contributed by atoms with Crippen molar-refractivity contribution in [3.63, 3.8) is 0 Å². The standard InChI is InChI=1S/C8H12IN4OP/c1-8(2)5-4(3-10-8)6(11-7(9)14)12-13(5)15/h10H,3,15H2,1-2H3,(H,11,12,14). The number of carbonyl (C=O) groups is 1. The molecule has 7 heteroatoms. The van der Waals surface area contributed by atoms with E-state index in [0.29, 0.717) is 5.82 Å². The van der Waals surface area contributed by atoms with Crippen LogP contribution in [0.3, 0.4) is 0 Å². The van der Waals surface area contributed by atoms with Crippen molar-refractivity contribution in [1.82, 2.24) is 14.9 Å². The van der Waals surface area contributed by atoms with Crippen LogP contribution in [0.4, 0.5) is 10.6 Å². The maximum absolute atomic E-state index is 11.0. The normalized spacial score (nSPS) is 17.6. The Kier molecular flexibility index (Phi) is 2.77. The summed E-state index contributed by atoms with van der Waals surface area (Å²) < 4.78 is 1.63. The molecule has 2 rings (SSSR count). The molecule has 1 aliphatic heterocycles. The van der Waals surface area contributed by atoms with Crippen molar-refractivity contribution in [2.24, 2.45) is 0 Å². The first-order chi connectivity index (χ1) is 6.92. The van der Waals surface area contributed by atoms with Gasteiger partial charge < -0.3 is 10.6 Å². The molecule has 2 N–H and O–H groups in total. The van der Waals surface area contributed by atoms with Crippen molar-refractivity contribution < 1.29 is 4.79 Å². The monoisotopic (exact) mass is 338 g/mol. The van der Waals surface area contributed by atoms with Crippen LogP contribution in [0.1, 0.15) is 25.1 Å². The molecule has 0 aromatic carbocycles. The second kappa shape index (κ2) is 3.68. The minimum Gasteiger partial charge on any atom is -0.302 e. The van der Waals surface area contributed by atoms with Gasteiger partial charge in [0.1, 0.15) is 0 Å². The summed E-state index contributed by atoms with van der Waals surface area (Å²) in [6.07, 6.45) is 0. The van der Waals surface area contributed by atoms with Gasteiger partial charge in [0.05, 0.1) is 11.2 Å². The first-order valence-electron chi connectivity index (χ1n) is 4.51. The van der Waals surface area contributed by atoms with Gasteiger partial charge in [-0.2, -0.15) is 5.10 Å². The van der Waals surface area contributed by atoms with E-state index in [4.69, 9.17) is 0 Å². The number of nitrogens with zero attached hydrogens (tertiary/aromatic N) is 2. The van der Waals surface area contributed by atoms with Crippen molar-refractivity contribution in [2.45, 2.75) is 25.9 Å². The number of halogens is 1. The average Bonchev–Trinajstić information content (AvgIpc) is 2.53. The largest absolute Gasteiger partial charge is 0.302 e. The molecule has 5 nitrogen and oxygen atoms in total. The van der Waals surface area contributed by atoms with Gasteiger partial charge in [-0.1, -0.05) is 0 Å². The van der Waals surface area contributed by atoms with Gasteiger partial charge in [0.25, 0.3) is 3.91 Å². The van der Waals surface area contributed by atoms with Crippen molar-refractivity contribution >= 4 is 41.7 Å². The Hall–Kier alpha value is -0.200. The highest BCUT2D eigenvalue weighted by Gasteiger charge is 2.35. The zero-order valence-electron chi connectivity index (χ0n) is 8.47. The third-order valence-corrected chi connectivity index (χ3v) is 3.17. The highest BCUT2D eigenvalue weighted by Crippen LogP contribution is 2.35. The van der Waals surface area contributed by atoms with E-state index in [2.05, 4.69) is 39.0 Å². The predicted octanol–water partition coefficient (Wildman–Crippen LogP) is 1.83. The lowest BCUT2D eigenvalue weighted by Crippen LogP contribution is -2.30. The molecule has 1 atom stereocenters. The summed E-state index contributed by atoms with van der Waals surface area (Å²) in [5, 5.41) is 10.4. The Labute approximate surface area is 104 Å². The van der Waals surface area contributed by atoms with Crippen LogP contribution in [-0.2, 0) is 12.1 Å². The van der Waals surface area contributed by atoms with Crippen LogP contribution >= 0.6 is 32.0 Å². The summed E-state index contributed by atoms with van der Waals surface area (Å²) in [7, 11) is 2.54. The third kappa shape index (κ3) is 1.90. The molecule has 15 heavy (non-hydrogen) atoms. The van der Waals surface area contributed by atoms with Crippen LogP contribution in [0.5, 0.6) is 0 Å². The summed E-state index contributed by atoms with van der Waals surface area (Å²) in [6, 6.07) is 0. The highest BCUT2D eigenvalue weighted by molar-refractivity contribution is 14.1. The minimum atomic E-state index is -0.122. The van der Waals surface area contributed by atoms with Gasteiger partial charge in [-0.15, -0.1) is 0 Å². The summed E-state index contributed by atoms with van der Waals surface area (Å²) in [5.74, 6) is 0.650. The van der Waals surface area contributed by atoms with Crippen molar-refractivity contribution in [3.8, 4) is 0 Å². The van der Waals surface area contributed by atoms with Crippen molar-refractivity contribution in [2.75, 3.05) is 5.32 Å². The molecule has 0 saturated carbocycles. The second-order valence-electron chi connectivity index (χ2n) is 4.00. The maximum atomic E-state index is 11.0. The summed E-state index contributed by atoms with van der Waals surface area (Å²) in [5.41, 5.74) is 2.07.